The fourth-order valence-electron chi connectivity index (χ4n) is 0.236. The zero-order chi connectivity index (χ0) is 7.86. The largest absolute Gasteiger partial charge is 0.324 e. The van der Waals surface area contributed by atoms with Gasteiger partial charge in [0.15, 0.2) is 0 Å². The zero-order valence-electron chi connectivity index (χ0n) is 6.77. The first-order valence-corrected chi connectivity index (χ1v) is 3.41. The van der Waals surface area contributed by atoms with E-state index in [1.54, 1.807) is 0 Å². The topological polar surface area (TPSA) is 43.1 Å². The SMILES string of the molecule is CC.CC(C)C(=O)CN.[HH]. The number of nitrogens with two attached hydrogens (primary N) is 1. The summed E-state index contributed by atoms with van der Waals surface area (Å²) in [7, 11) is 0. The van der Waals surface area contributed by atoms with Crippen molar-refractivity contribution < 1.29 is 6.22 Å². The number of Topliss-reactive ketones (excluding diaryl/α,β-unsaturated/α-hetero) is 1. The van der Waals surface area contributed by atoms with Crippen molar-refractivity contribution in [3.05, 3.63) is 0 Å². The second-order valence-corrected chi connectivity index (χ2v) is 1.83. The van der Waals surface area contributed by atoms with Crippen LogP contribution in [0.1, 0.15) is 29.1 Å². The van der Waals surface area contributed by atoms with Gasteiger partial charge in [0.1, 0.15) is 5.78 Å². The fourth-order valence-corrected chi connectivity index (χ4v) is 0.236. The van der Waals surface area contributed by atoms with Gasteiger partial charge in [-0.1, -0.05) is 27.7 Å². The summed E-state index contributed by atoms with van der Waals surface area (Å²) in [5.74, 6) is 0.227. The Labute approximate surface area is 58.9 Å². The Hall–Kier alpha value is -0.370. The molecule has 0 bridgehead atoms. The Balaban J connectivity index is -0.000000149. The Kier molecular flexibility index (Phi) is 9.69. The van der Waals surface area contributed by atoms with Crippen LogP contribution in [0, 0.1) is 5.92 Å². The van der Waals surface area contributed by atoms with Gasteiger partial charge in [-0.25, -0.2) is 0 Å². The lowest BCUT2D eigenvalue weighted by Crippen LogP contribution is -2.18. The molecule has 2 N–H and O–H groups in total. The van der Waals surface area contributed by atoms with Gasteiger partial charge in [-0.15, -0.1) is 0 Å². The highest BCUT2D eigenvalue weighted by atomic mass is 16.1. The summed E-state index contributed by atoms with van der Waals surface area (Å²) >= 11 is 0. The van der Waals surface area contributed by atoms with Crippen LogP contribution in [-0.2, 0) is 4.79 Å². The van der Waals surface area contributed by atoms with Crippen molar-refractivity contribution in [2.24, 2.45) is 11.7 Å². The van der Waals surface area contributed by atoms with E-state index >= 15 is 0 Å². The van der Waals surface area contributed by atoms with E-state index in [2.05, 4.69) is 0 Å². The summed E-state index contributed by atoms with van der Waals surface area (Å²) in [4.78, 5) is 10.4. The van der Waals surface area contributed by atoms with E-state index in [4.69, 9.17) is 5.73 Å². The van der Waals surface area contributed by atoms with E-state index < -0.39 is 0 Å². The third-order valence-electron chi connectivity index (χ3n) is 0.845. The smallest absolute Gasteiger partial charge is 0.148 e. The van der Waals surface area contributed by atoms with E-state index in [0.717, 1.165) is 0 Å². The van der Waals surface area contributed by atoms with Crippen molar-refractivity contribution in [2.45, 2.75) is 27.7 Å². The van der Waals surface area contributed by atoms with Crippen LogP contribution in [0.4, 0.5) is 0 Å². The molecular weight excluding hydrogens is 114 g/mol. The molecule has 2 heteroatoms. The minimum atomic E-state index is 0. The highest BCUT2D eigenvalue weighted by molar-refractivity contribution is 5.81. The van der Waals surface area contributed by atoms with Crippen LogP contribution in [-0.4, -0.2) is 12.3 Å². The van der Waals surface area contributed by atoms with Gasteiger partial charge in [0, 0.05) is 7.34 Å². The summed E-state index contributed by atoms with van der Waals surface area (Å²) in [6, 6.07) is 0. The predicted octanol–water partition coefficient (Wildman–Crippen LogP) is 1.44. The molecule has 9 heavy (non-hydrogen) atoms. The van der Waals surface area contributed by atoms with Gasteiger partial charge < -0.3 is 5.73 Å². The number of rotatable bonds is 2. The molecule has 0 heterocycles. The van der Waals surface area contributed by atoms with Crippen molar-refractivity contribution in [2.75, 3.05) is 6.54 Å². The van der Waals surface area contributed by atoms with Gasteiger partial charge in [-0.05, 0) is 0 Å². The molecule has 0 aromatic heterocycles. The molecule has 0 aromatic rings. The van der Waals surface area contributed by atoms with Crippen molar-refractivity contribution in [3.8, 4) is 0 Å². The van der Waals surface area contributed by atoms with E-state index in [0.29, 0.717) is 0 Å². The van der Waals surface area contributed by atoms with Gasteiger partial charge in [0.25, 0.3) is 0 Å². The summed E-state index contributed by atoms with van der Waals surface area (Å²) in [5, 5.41) is 0. The lowest BCUT2D eigenvalue weighted by Gasteiger charge is -1.96. The van der Waals surface area contributed by atoms with Crippen LogP contribution >= 0.6 is 0 Å². The van der Waals surface area contributed by atoms with Crippen LogP contribution in [0.15, 0.2) is 0 Å². The maximum Gasteiger partial charge on any atom is 0.148 e. The molecular formula is C7H19NO. The number of carbonyl (C=O) groups is 1. The number of hydrogen-bond acceptors (Lipinski definition) is 2. The number of carbonyl (C=O) groups excluding carboxylic acids is 1. The lowest BCUT2D eigenvalue weighted by atomic mass is 10.1. The molecule has 0 unspecified atom stereocenters. The van der Waals surface area contributed by atoms with Crippen LogP contribution in [0.5, 0.6) is 0 Å². The number of ketones is 1. The van der Waals surface area contributed by atoms with E-state index in [9.17, 15) is 4.79 Å². The Morgan fingerprint density at radius 3 is 1.89 bits per heavy atom. The molecule has 0 rings (SSSR count). The summed E-state index contributed by atoms with van der Waals surface area (Å²) in [6.45, 7) is 7.86. The van der Waals surface area contributed by atoms with Crippen LogP contribution in [0.25, 0.3) is 0 Å². The minimum absolute atomic E-state index is 0. The molecule has 0 radical (unpaired) electrons. The van der Waals surface area contributed by atoms with Crippen molar-refractivity contribution in [1.29, 1.82) is 0 Å². The first-order valence-electron chi connectivity index (χ1n) is 3.41. The zero-order valence-corrected chi connectivity index (χ0v) is 6.77. The lowest BCUT2D eigenvalue weighted by molar-refractivity contribution is -0.120. The molecule has 0 atom stereocenters. The van der Waals surface area contributed by atoms with Gasteiger partial charge in [-0.3, -0.25) is 4.79 Å². The first kappa shape index (κ1) is 11.4. The highest BCUT2D eigenvalue weighted by Crippen LogP contribution is 1.89. The van der Waals surface area contributed by atoms with E-state index in [1.807, 2.05) is 27.7 Å². The van der Waals surface area contributed by atoms with Gasteiger partial charge >= 0.3 is 0 Å². The maximum atomic E-state index is 10.4. The monoisotopic (exact) mass is 133 g/mol. The van der Waals surface area contributed by atoms with E-state index in [1.165, 1.54) is 0 Å². The van der Waals surface area contributed by atoms with Gasteiger partial charge in [0.05, 0.1) is 6.54 Å². The fraction of sp³-hybridized carbons (Fsp3) is 0.857. The molecule has 0 saturated carbocycles. The first-order chi connectivity index (χ1) is 4.18. The molecule has 0 amide bonds. The molecule has 0 saturated heterocycles. The second kappa shape index (κ2) is 7.63. The Morgan fingerprint density at radius 1 is 1.56 bits per heavy atom. The third kappa shape index (κ3) is 7.63. The minimum Gasteiger partial charge on any atom is -0.324 e. The maximum absolute atomic E-state index is 10.4. The second-order valence-electron chi connectivity index (χ2n) is 1.83. The average Bonchev–Trinajstić information content (AvgIpc) is 1.91. The summed E-state index contributed by atoms with van der Waals surface area (Å²) < 4.78 is 0. The van der Waals surface area contributed by atoms with Crippen LogP contribution in [0.2, 0.25) is 0 Å². The number of hydrogen-bond donors (Lipinski definition) is 1. The molecule has 2 nitrogen and oxygen atoms in total. The van der Waals surface area contributed by atoms with Crippen molar-refractivity contribution >= 4 is 5.78 Å². The standard InChI is InChI=1S/C5H11NO.C2H6.H2/c1-4(2)5(7)3-6;1-2;/h4H,3,6H2,1-2H3;1-2H3;1H. The van der Waals surface area contributed by atoms with Gasteiger partial charge in [0.2, 0.25) is 0 Å². The normalized spacial score (nSPS) is 8.22. The summed E-state index contributed by atoms with van der Waals surface area (Å²) in [6.07, 6.45) is 0. The Morgan fingerprint density at radius 2 is 1.89 bits per heavy atom. The van der Waals surface area contributed by atoms with Crippen molar-refractivity contribution in [1.82, 2.24) is 0 Å². The molecule has 0 fully saturated rings. The van der Waals surface area contributed by atoms with Crippen LogP contribution in [0.3, 0.4) is 0 Å². The quantitative estimate of drug-likeness (QED) is 0.619. The van der Waals surface area contributed by atoms with Crippen LogP contribution < -0.4 is 5.73 Å². The molecule has 0 aliphatic rings. The predicted molar refractivity (Wildman–Crippen MR) is 42.4 cm³/mol. The molecule has 0 aliphatic carbocycles. The highest BCUT2D eigenvalue weighted by Gasteiger charge is 2.01. The Bertz CT molecular complexity index is 74.0. The van der Waals surface area contributed by atoms with Gasteiger partial charge in [-0.2, -0.15) is 0 Å². The molecule has 0 spiro atoms. The third-order valence-corrected chi connectivity index (χ3v) is 0.845. The van der Waals surface area contributed by atoms with Crippen molar-refractivity contribution in [3.63, 3.8) is 0 Å². The van der Waals surface area contributed by atoms with E-state index in [-0.39, 0.29) is 19.7 Å². The molecule has 0 aliphatic heterocycles. The summed E-state index contributed by atoms with van der Waals surface area (Å²) in [5.41, 5.74) is 5.02. The molecule has 58 valence electrons. The average molecular weight is 133 g/mol. The molecule has 0 aromatic carbocycles.